The smallest absolute Gasteiger partial charge is 0.255 e. The molecule has 2 N–H and O–H groups in total. The molecule has 2 unspecified atom stereocenters. The zero-order valence-corrected chi connectivity index (χ0v) is 16.0. The molecule has 1 saturated carbocycles. The summed E-state index contributed by atoms with van der Waals surface area (Å²) in [6.45, 7) is 7.28. The number of aliphatic hydroxyl groups is 1. The Morgan fingerprint density at radius 3 is 2.77 bits per heavy atom. The van der Waals surface area contributed by atoms with E-state index in [9.17, 15) is 9.90 Å². The molecular weight excluding hydrogens is 328 g/mol. The van der Waals surface area contributed by atoms with Crippen molar-refractivity contribution >= 4 is 16.9 Å². The standard InChI is InChI=1S/C21H28N2O3/c1-12(2)19-21(11-23(19)4)9-15(16(24)10-21)22-20(25)18-13(3)26-17-8-6-5-7-14(17)18/h5-8,12,15-16,19,24H,9-11H2,1-4H3,(H,22,25)/t15-,16-,19?,21?/m1/s1. The molecule has 2 aromatic rings. The number of hydrogen-bond donors (Lipinski definition) is 2. The minimum atomic E-state index is -0.493. The van der Waals surface area contributed by atoms with Gasteiger partial charge < -0.3 is 19.7 Å². The summed E-state index contributed by atoms with van der Waals surface area (Å²) in [4.78, 5) is 15.3. The van der Waals surface area contributed by atoms with Crippen molar-refractivity contribution in [3.63, 3.8) is 0 Å². The molecule has 2 aliphatic rings. The Bertz CT molecular complexity index is 838. The molecule has 2 fully saturated rings. The third-order valence-electron chi connectivity index (χ3n) is 6.32. The van der Waals surface area contributed by atoms with E-state index in [1.807, 2.05) is 31.2 Å². The van der Waals surface area contributed by atoms with Crippen LogP contribution in [0.25, 0.3) is 11.0 Å². The molecular formula is C21H28N2O3. The van der Waals surface area contributed by atoms with Crippen LogP contribution < -0.4 is 5.32 Å². The summed E-state index contributed by atoms with van der Waals surface area (Å²) >= 11 is 0. The fraction of sp³-hybridized carbons (Fsp3) is 0.571. The zero-order chi connectivity index (χ0) is 18.6. The number of carbonyl (C=O) groups excluding carboxylic acids is 1. The topological polar surface area (TPSA) is 65.7 Å². The average Bonchev–Trinajstić information content (AvgIpc) is 3.04. The van der Waals surface area contributed by atoms with Crippen molar-refractivity contribution in [3.05, 3.63) is 35.6 Å². The molecule has 1 aliphatic heterocycles. The normalized spacial score (nSPS) is 31.7. The zero-order valence-electron chi connectivity index (χ0n) is 16.0. The number of aryl methyl sites for hydroxylation is 1. The third-order valence-corrected chi connectivity index (χ3v) is 6.32. The number of likely N-dealkylation sites (tertiary alicyclic amines) is 1. The van der Waals surface area contributed by atoms with Gasteiger partial charge in [0.1, 0.15) is 11.3 Å². The number of para-hydroxylation sites is 1. The SMILES string of the molecule is Cc1oc2ccccc2c1C(=O)N[C@@H]1CC2(C[C@H]1O)CN(C)C2C(C)C. The summed E-state index contributed by atoms with van der Waals surface area (Å²) in [6, 6.07) is 7.85. The molecule has 5 nitrogen and oxygen atoms in total. The average molecular weight is 356 g/mol. The maximum absolute atomic E-state index is 12.9. The van der Waals surface area contributed by atoms with Crippen molar-refractivity contribution in [2.75, 3.05) is 13.6 Å². The van der Waals surface area contributed by atoms with E-state index < -0.39 is 6.10 Å². The lowest BCUT2D eigenvalue weighted by molar-refractivity contribution is -0.0827. The number of amides is 1. The minimum absolute atomic E-state index is 0.119. The molecule has 4 rings (SSSR count). The number of fused-ring (bicyclic) bond motifs is 1. The molecule has 0 bridgehead atoms. The van der Waals surface area contributed by atoms with Crippen molar-refractivity contribution < 1.29 is 14.3 Å². The molecule has 2 heterocycles. The number of nitrogens with one attached hydrogen (secondary N) is 1. The molecule has 1 spiro atoms. The molecule has 140 valence electrons. The quantitative estimate of drug-likeness (QED) is 0.887. The van der Waals surface area contributed by atoms with E-state index in [0.717, 1.165) is 30.4 Å². The highest BCUT2D eigenvalue weighted by Gasteiger charge is 2.58. The van der Waals surface area contributed by atoms with E-state index in [0.29, 0.717) is 23.3 Å². The molecule has 4 atom stereocenters. The second-order valence-corrected chi connectivity index (χ2v) is 8.55. The molecule has 1 amide bonds. The maximum atomic E-state index is 12.9. The first kappa shape index (κ1) is 17.6. The summed E-state index contributed by atoms with van der Waals surface area (Å²) in [7, 11) is 2.15. The predicted molar refractivity (Wildman–Crippen MR) is 101 cm³/mol. The van der Waals surface area contributed by atoms with E-state index in [1.54, 1.807) is 0 Å². The molecule has 5 heteroatoms. The largest absolute Gasteiger partial charge is 0.461 e. The van der Waals surface area contributed by atoms with Crippen molar-refractivity contribution in [1.82, 2.24) is 10.2 Å². The maximum Gasteiger partial charge on any atom is 0.255 e. The van der Waals surface area contributed by atoms with Gasteiger partial charge in [-0.3, -0.25) is 4.79 Å². The van der Waals surface area contributed by atoms with Crippen LogP contribution in [0.15, 0.2) is 28.7 Å². The van der Waals surface area contributed by atoms with E-state index in [1.165, 1.54) is 0 Å². The molecule has 1 saturated heterocycles. The Morgan fingerprint density at radius 1 is 1.35 bits per heavy atom. The van der Waals surface area contributed by atoms with Gasteiger partial charge in [0.05, 0.1) is 17.7 Å². The summed E-state index contributed by atoms with van der Waals surface area (Å²) < 4.78 is 5.72. The molecule has 1 aromatic heterocycles. The van der Waals surface area contributed by atoms with Crippen LogP contribution >= 0.6 is 0 Å². The summed E-state index contributed by atoms with van der Waals surface area (Å²) in [5.41, 5.74) is 1.42. The number of furan rings is 1. The van der Waals surface area contributed by atoms with Crippen LogP contribution in [0.5, 0.6) is 0 Å². The minimum Gasteiger partial charge on any atom is -0.461 e. The fourth-order valence-electron chi connectivity index (χ4n) is 5.68. The summed E-state index contributed by atoms with van der Waals surface area (Å²) in [6.07, 6.45) is 1.10. The first-order chi connectivity index (χ1) is 12.3. The predicted octanol–water partition coefficient (Wildman–Crippen LogP) is 2.95. The molecule has 1 aromatic carbocycles. The van der Waals surface area contributed by atoms with Gasteiger partial charge in [0, 0.05) is 23.4 Å². The molecule has 0 radical (unpaired) electrons. The first-order valence-corrected chi connectivity index (χ1v) is 9.50. The van der Waals surface area contributed by atoms with Gasteiger partial charge in [0.15, 0.2) is 0 Å². The van der Waals surface area contributed by atoms with Crippen LogP contribution in [-0.2, 0) is 0 Å². The monoisotopic (exact) mass is 356 g/mol. The van der Waals surface area contributed by atoms with Crippen LogP contribution in [0.3, 0.4) is 0 Å². The summed E-state index contributed by atoms with van der Waals surface area (Å²) in [5.74, 6) is 1.01. The van der Waals surface area contributed by atoms with Gasteiger partial charge in [-0.15, -0.1) is 0 Å². The van der Waals surface area contributed by atoms with Crippen LogP contribution in [0.1, 0.15) is 42.8 Å². The van der Waals surface area contributed by atoms with Gasteiger partial charge in [0.25, 0.3) is 5.91 Å². The van der Waals surface area contributed by atoms with Crippen LogP contribution in [0, 0.1) is 18.3 Å². The lowest BCUT2D eigenvalue weighted by Gasteiger charge is -2.57. The third kappa shape index (κ3) is 2.57. The van der Waals surface area contributed by atoms with E-state index in [2.05, 4.69) is 31.1 Å². The van der Waals surface area contributed by atoms with Crippen LogP contribution in [0.2, 0.25) is 0 Å². The second-order valence-electron chi connectivity index (χ2n) is 8.55. The highest BCUT2D eigenvalue weighted by molar-refractivity contribution is 6.07. The van der Waals surface area contributed by atoms with E-state index >= 15 is 0 Å². The Hall–Kier alpha value is -1.85. The van der Waals surface area contributed by atoms with Crippen LogP contribution in [0.4, 0.5) is 0 Å². The van der Waals surface area contributed by atoms with Crippen molar-refractivity contribution in [3.8, 4) is 0 Å². The number of aliphatic hydroxyl groups excluding tert-OH is 1. The van der Waals surface area contributed by atoms with Crippen molar-refractivity contribution in [2.45, 2.75) is 51.8 Å². The van der Waals surface area contributed by atoms with E-state index in [4.69, 9.17) is 4.42 Å². The first-order valence-electron chi connectivity index (χ1n) is 9.50. The highest BCUT2D eigenvalue weighted by atomic mass is 16.3. The highest BCUT2D eigenvalue weighted by Crippen LogP contribution is 2.52. The Balaban J connectivity index is 1.54. The Morgan fingerprint density at radius 2 is 2.08 bits per heavy atom. The van der Waals surface area contributed by atoms with Crippen LogP contribution in [-0.4, -0.2) is 47.7 Å². The van der Waals surface area contributed by atoms with Gasteiger partial charge in [-0.25, -0.2) is 0 Å². The van der Waals surface area contributed by atoms with Gasteiger partial charge in [-0.2, -0.15) is 0 Å². The van der Waals surface area contributed by atoms with Gasteiger partial charge in [-0.1, -0.05) is 32.0 Å². The second kappa shape index (κ2) is 6.10. The Kier molecular flexibility index (Phi) is 4.12. The van der Waals surface area contributed by atoms with Gasteiger partial charge in [-0.05, 0) is 38.8 Å². The number of carbonyl (C=O) groups is 1. The molecule has 26 heavy (non-hydrogen) atoms. The van der Waals surface area contributed by atoms with Gasteiger partial charge >= 0.3 is 0 Å². The number of hydrogen-bond acceptors (Lipinski definition) is 4. The lowest BCUT2D eigenvalue weighted by atomic mass is 9.66. The number of benzene rings is 1. The summed E-state index contributed by atoms with van der Waals surface area (Å²) in [5, 5.41) is 14.6. The fourth-order valence-corrected chi connectivity index (χ4v) is 5.68. The van der Waals surface area contributed by atoms with Crippen molar-refractivity contribution in [2.24, 2.45) is 11.3 Å². The number of nitrogens with zero attached hydrogens (tertiary/aromatic N) is 1. The lowest BCUT2D eigenvalue weighted by Crippen LogP contribution is -2.64. The molecule has 1 aliphatic carbocycles. The van der Waals surface area contributed by atoms with Gasteiger partial charge in [0.2, 0.25) is 0 Å². The van der Waals surface area contributed by atoms with E-state index in [-0.39, 0.29) is 17.4 Å². The number of rotatable bonds is 3. The Labute approximate surface area is 154 Å². The van der Waals surface area contributed by atoms with Crippen molar-refractivity contribution in [1.29, 1.82) is 0 Å².